The fourth-order valence-corrected chi connectivity index (χ4v) is 3.76. The first kappa shape index (κ1) is 14.4. The SMILES string of the molecule is CCCc1c(NC)ncnc1NCC1(C)CCCS1. The lowest BCUT2D eigenvalue weighted by atomic mass is 10.1. The predicted molar refractivity (Wildman–Crippen MR) is 84.2 cm³/mol. The third kappa shape index (κ3) is 3.53. The fraction of sp³-hybridized carbons (Fsp3) is 0.714. The number of hydrogen-bond acceptors (Lipinski definition) is 5. The molecule has 1 saturated heterocycles. The second-order valence-electron chi connectivity index (χ2n) is 5.30. The van der Waals surface area contributed by atoms with E-state index in [4.69, 9.17) is 0 Å². The van der Waals surface area contributed by atoms with Crippen molar-refractivity contribution in [2.75, 3.05) is 30.0 Å². The molecule has 4 nitrogen and oxygen atoms in total. The van der Waals surface area contributed by atoms with Gasteiger partial charge in [0.15, 0.2) is 0 Å². The van der Waals surface area contributed by atoms with E-state index in [-0.39, 0.29) is 0 Å². The highest BCUT2D eigenvalue weighted by Gasteiger charge is 2.29. The maximum Gasteiger partial charge on any atom is 0.134 e. The Morgan fingerprint density at radius 2 is 2.16 bits per heavy atom. The molecule has 0 aromatic carbocycles. The molecule has 19 heavy (non-hydrogen) atoms. The molecule has 1 aromatic rings. The Kier molecular flexibility index (Phi) is 4.91. The summed E-state index contributed by atoms with van der Waals surface area (Å²) in [6.07, 6.45) is 6.36. The van der Waals surface area contributed by atoms with Gasteiger partial charge in [-0.3, -0.25) is 0 Å². The van der Waals surface area contributed by atoms with Gasteiger partial charge in [-0.15, -0.1) is 0 Å². The average Bonchev–Trinajstić information content (AvgIpc) is 2.85. The number of hydrogen-bond donors (Lipinski definition) is 2. The molecule has 1 fully saturated rings. The van der Waals surface area contributed by atoms with E-state index in [0.717, 1.165) is 31.0 Å². The largest absolute Gasteiger partial charge is 0.373 e. The maximum absolute atomic E-state index is 4.43. The summed E-state index contributed by atoms with van der Waals surface area (Å²) >= 11 is 2.07. The van der Waals surface area contributed by atoms with Crippen molar-refractivity contribution in [1.82, 2.24) is 9.97 Å². The Labute approximate surface area is 120 Å². The number of anilines is 2. The molecule has 0 bridgehead atoms. The summed E-state index contributed by atoms with van der Waals surface area (Å²) in [6.45, 7) is 5.51. The Morgan fingerprint density at radius 1 is 1.37 bits per heavy atom. The molecule has 2 heterocycles. The molecule has 0 saturated carbocycles. The molecule has 0 spiro atoms. The van der Waals surface area contributed by atoms with Gasteiger partial charge < -0.3 is 10.6 Å². The van der Waals surface area contributed by atoms with Crippen LogP contribution in [0.4, 0.5) is 11.6 Å². The molecule has 1 aromatic heterocycles. The molecule has 0 radical (unpaired) electrons. The van der Waals surface area contributed by atoms with Gasteiger partial charge in [0.05, 0.1) is 0 Å². The van der Waals surface area contributed by atoms with Gasteiger partial charge in [0.25, 0.3) is 0 Å². The maximum atomic E-state index is 4.43. The van der Waals surface area contributed by atoms with Gasteiger partial charge in [0.2, 0.25) is 0 Å². The van der Waals surface area contributed by atoms with E-state index in [1.165, 1.54) is 24.2 Å². The van der Waals surface area contributed by atoms with Crippen molar-refractivity contribution in [2.24, 2.45) is 0 Å². The summed E-state index contributed by atoms with van der Waals surface area (Å²) in [6, 6.07) is 0. The summed E-state index contributed by atoms with van der Waals surface area (Å²) in [5.74, 6) is 3.23. The fourth-order valence-electron chi connectivity index (χ4n) is 2.51. The first-order valence-corrected chi connectivity index (χ1v) is 8.06. The van der Waals surface area contributed by atoms with E-state index in [1.54, 1.807) is 6.33 Å². The van der Waals surface area contributed by atoms with Gasteiger partial charge in [0, 0.05) is 23.9 Å². The van der Waals surface area contributed by atoms with Crippen LogP contribution >= 0.6 is 11.8 Å². The van der Waals surface area contributed by atoms with Crippen molar-refractivity contribution >= 4 is 23.4 Å². The van der Waals surface area contributed by atoms with E-state index in [2.05, 4.69) is 46.2 Å². The first-order chi connectivity index (χ1) is 9.18. The van der Waals surface area contributed by atoms with Crippen molar-refractivity contribution in [3.05, 3.63) is 11.9 Å². The highest BCUT2D eigenvalue weighted by molar-refractivity contribution is 8.00. The number of nitrogens with one attached hydrogen (secondary N) is 2. The standard InChI is InChI=1S/C14H24N4S/c1-4-6-11-12(15-3)17-10-18-13(11)16-9-14(2)7-5-8-19-14/h10H,4-9H2,1-3H3,(H2,15,16,17,18). The van der Waals surface area contributed by atoms with Crippen LogP contribution in [0.3, 0.4) is 0 Å². The van der Waals surface area contributed by atoms with E-state index < -0.39 is 0 Å². The molecular weight excluding hydrogens is 256 g/mol. The smallest absolute Gasteiger partial charge is 0.134 e. The van der Waals surface area contributed by atoms with Crippen molar-refractivity contribution in [3.8, 4) is 0 Å². The second-order valence-corrected chi connectivity index (χ2v) is 6.99. The Balaban J connectivity index is 2.10. The zero-order chi connectivity index (χ0) is 13.7. The minimum Gasteiger partial charge on any atom is -0.373 e. The van der Waals surface area contributed by atoms with Crippen LogP contribution in [0, 0.1) is 0 Å². The van der Waals surface area contributed by atoms with Crippen LogP contribution in [-0.2, 0) is 6.42 Å². The molecule has 1 atom stereocenters. The number of thioether (sulfide) groups is 1. The topological polar surface area (TPSA) is 49.8 Å². The molecule has 1 aliphatic rings. The first-order valence-electron chi connectivity index (χ1n) is 7.08. The Hall–Kier alpha value is -0.970. The zero-order valence-electron chi connectivity index (χ0n) is 12.1. The van der Waals surface area contributed by atoms with Crippen LogP contribution in [-0.4, -0.2) is 34.1 Å². The Morgan fingerprint density at radius 3 is 2.79 bits per heavy atom. The molecule has 1 unspecified atom stereocenters. The lowest BCUT2D eigenvalue weighted by Gasteiger charge is -2.24. The minimum absolute atomic E-state index is 0.355. The van der Waals surface area contributed by atoms with Gasteiger partial charge in [-0.25, -0.2) is 9.97 Å². The van der Waals surface area contributed by atoms with E-state index in [0.29, 0.717) is 4.75 Å². The summed E-state index contributed by atoms with van der Waals surface area (Å²) in [5.41, 5.74) is 1.21. The van der Waals surface area contributed by atoms with Gasteiger partial charge in [-0.05, 0) is 31.9 Å². The number of aromatic nitrogens is 2. The molecule has 0 amide bonds. The lowest BCUT2D eigenvalue weighted by Crippen LogP contribution is -2.28. The van der Waals surface area contributed by atoms with Crippen LogP contribution in [0.1, 0.15) is 38.7 Å². The predicted octanol–water partition coefficient (Wildman–Crippen LogP) is 3.17. The lowest BCUT2D eigenvalue weighted by molar-refractivity contribution is 0.633. The van der Waals surface area contributed by atoms with Crippen molar-refractivity contribution < 1.29 is 0 Å². The summed E-state index contributed by atoms with van der Waals surface area (Å²) in [7, 11) is 1.92. The van der Waals surface area contributed by atoms with Crippen molar-refractivity contribution in [1.29, 1.82) is 0 Å². The highest BCUT2D eigenvalue weighted by Crippen LogP contribution is 2.37. The van der Waals surface area contributed by atoms with Gasteiger partial charge >= 0.3 is 0 Å². The van der Waals surface area contributed by atoms with Crippen LogP contribution in [0.2, 0.25) is 0 Å². The molecular formula is C14H24N4S. The molecule has 106 valence electrons. The molecule has 1 aliphatic heterocycles. The second kappa shape index (κ2) is 6.46. The quantitative estimate of drug-likeness (QED) is 0.838. The van der Waals surface area contributed by atoms with Crippen LogP contribution < -0.4 is 10.6 Å². The molecule has 2 rings (SSSR count). The minimum atomic E-state index is 0.355. The third-order valence-electron chi connectivity index (χ3n) is 3.61. The Bertz CT molecular complexity index is 416. The van der Waals surface area contributed by atoms with Gasteiger partial charge in [-0.1, -0.05) is 13.3 Å². The zero-order valence-corrected chi connectivity index (χ0v) is 12.9. The average molecular weight is 280 g/mol. The normalized spacial score (nSPS) is 22.5. The number of rotatable bonds is 6. The summed E-state index contributed by atoms with van der Waals surface area (Å²) < 4.78 is 0.355. The van der Waals surface area contributed by atoms with Crippen molar-refractivity contribution in [3.63, 3.8) is 0 Å². The van der Waals surface area contributed by atoms with Crippen LogP contribution in [0.5, 0.6) is 0 Å². The highest BCUT2D eigenvalue weighted by atomic mass is 32.2. The summed E-state index contributed by atoms with van der Waals surface area (Å²) in [4.78, 5) is 8.73. The molecule has 2 N–H and O–H groups in total. The van der Waals surface area contributed by atoms with E-state index in [1.807, 2.05) is 7.05 Å². The van der Waals surface area contributed by atoms with Crippen molar-refractivity contribution in [2.45, 2.75) is 44.3 Å². The van der Waals surface area contributed by atoms with E-state index >= 15 is 0 Å². The van der Waals surface area contributed by atoms with Gasteiger partial charge in [0.1, 0.15) is 18.0 Å². The van der Waals surface area contributed by atoms with Crippen LogP contribution in [0.25, 0.3) is 0 Å². The molecule has 0 aliphatic carbocycles. The van der Waals surface area contributed by atoms with Crippen LogP contribution in [0.15, 0.2) is 6.33 Å². The number of nitrogens with zero attached hydrogens (tertiary/aromatic N) is 2. The van der Waals surface area contributed by atoms with E-state index in [9.17, 15) is 0 Å². The summed E-state index contributed by atoms with van der Waals surface area (Å²) in [5, 5.41) is 6.71. The monoisotopic (exact) mass is 280 g/mol. The molecule has 5 heteroatoms. The third-order valence-corrected chi connectivity index (χ3v) is 5.15. The van der Waals surface area contributed by atoms with Gasteiger partial charge in [-0.2, -0.15) is 11.8 Å².